The molecule has 0 aromatic heterocycles. The zero-order valence-electron chi connectivity index (χ0n) is 10.2. The standard InChI is InChI=1S/C12H24N2O/c1-4-6-11(13)12(15)14-9(2)7-5-8-10(14)3/h9-11H,4-8,13H2,1-3H3/t9-,10+,11-/m1/s1. The Balaban J connectivity index is 2.62. The molecule has 0 aromatic rings. The van der Waals surface area contributed by atoms with Gasteiger partial charge in [0.15, 0.2) is 0 Å². The minimum atomic E-state index is -0.294. The monoisotopic (exact) mass is 212 g/mol. The van der Waals surface area contributed by atoms with Gasteiger partial charge in [-0.3, -0.25) is 4.79 Å². The van der Waals surface area contributed by atoms with E-state index in [4.69, 9.17) is 5.73 Å². The van der Waals surface area contributed by atoms with E-state index in [1.807, 2.05) is 4.90 Å². The number of piperidine rings is 1. The number of amides is 1. The smallest absolute Gasteiger partial charge is 0.239 e. The highest BCUT2D eigenvalue weighted by Gasteiger charge is 2.31. The third-order valence-corrected chi connectivity index (χ3v) is 3.36. The van der Waals surface area contributed by atoms with E-state index in [0.717, 1.165) is 25.7 Å². The maximum absolute atomic E-state index is 12.1. The number of carbonyl (C=O) groups excluding carboxylic acids is 1. The van der Waals surface area contributed by atoms with Crippen molar-refractivity contribution in [2.45, 2.75) is 71.0 Å². The first-order chi connectivity index (χ1) is 7.07. The Morgan fingerprint density at radius 3 is 2.40 bits per heavy atom. The minimum absolute atomic E-state index is 0.150. The van der Waals surface area contributed by atoms with Gasteiger partial charge in [0, 0.05) is 12.1 Å². The number of rotatable bonds is 3. The average Bonchev–Trinajstić information content (AvgIpc) is 2.17. The van der Waals surface area contributed by atoms with Crippen molar-refractivity contribution in [2.24, 2.45) is 5.73 Å². The molecule has 0 radical (unpaired) electrons. The van der Waals surface area contributed by atoms with Crippen molar-refractivity contribution in [3.05, 3.63) is 0 Å². The zero-order valence-corrected chi connectivity index (χ0v) is 10.2. The summed E-state index contributed by atoms with van der Waals surface area (Å²) in [5.41, 5.74) is 5.89. The van der Waals surface area contributed by atoms with E-state index in [-0.39, 0.29) is 11.9 Å². The molecule has 1 saturated heterocycles. The van der Waals surface area contributed by atoms with E-state index in [0.29, 0.717) is 12.1 Å². The highest BCUT2D eigenvalue weighted by atomic mass is 16.2. The molecular weight excluding hydrogens is 188 g/mol. The van der Waals surface area contributed by atoms with Crippen LogP contribution in [0.4, 0.5) is 0 Å². The molecule has 3 nitrogen and oxygen atoms in total. The van der Waals surface area contributed by atoms with Crippen LogP contribution >= 0.6 is 0 Å². The second-order valence-corrected chi connectivity index (χ2v) is 4.77. The first kappa shape index (κ1) is 12.5. The average molecular weight is 212 g/mol. The number of carbonyl (C=O) groups is 1. The maximum Gasteiger partial charge on any atom is 0.239 e. The lowest BCUT2D eigenvalue weighted by molar-refractivity contribution is -0.138. The summed E-state index contributed by atoms with van der Waals surface area (Å²) in [6.45, 7) is 6.33. The fraction of sp³-hybridized carbons (Fsp3) is 0.917. The fourth-order valence-electron chi connectivity index (χ4n) is 2.48. The van der Waals surface area contributed by atoms with Gasteiger partial charge in [-0.15, -0.1) is 0 Å². The molecule has 1 heterocycles. The van der Waals surface area contributed by atoms with Crippen molar-refractivity contribution >= 4 is 5.91 Å². The van der Waals surface area contributed by atoms with Crippen LogP contribution in [0.5, 0.6) is 0 Å². The lowest BCUT2D eigenvalue weighted by Crippen LogP contribution is -2.53. The van der Waals surface area contributed by atoms with Gasteiger partial charge in [0.2, 0.25) is 5.91 Å². The lowest BCUT2D eigenvalue weighted by Gasteiger charge is -2.40. The van der Waals surface area contributed by atoms with Crippen LogP contribution in [0.2, 0.25) is 0 Å². The Labute approximate surface area is 93.0 Å². The van der Waals surface area contributed by atoms with Gasteiger partial charge in [0.1, 0.15) is 0 Å². The topological polar surface area (TPSA) is 46.3 Å². The lowest BCUT2D eigenvalue weighted by atomic mass is 9.96. The molecule has 3 heteroatoms. The summed E-state index contributed by atoms with van der Waals surface area (Å²) < 4.78 is 0. The maximum atomic E-state index is 12.1. The molecule has 0 bridgehead atoms. The molecule has 1 aliphatic heterocycles. The van der Waals surface area contributed by atoms with Crippen LogP contribution in [0.25, 0.3) is 0 Å². The van der Waals surface area contributed by atoms with E-state index in [1.54, 1.807) is 0 Å². The van der Waals surface area contributed by atoms with Gasteiger partial charge in [0.25, 0.3) is 0 Å². The molecule has 0 unspecified atom stereocenters. The van der Waals surface area contributed by atoms with Gasteiger partial charge < -0.3 is 10.6 Å². The molecule has 1 aliphatic rings. The molecule has 15 heavy (non-hydrogen) atoms. The van der Waals surface area contributed by atoms with Crippen LogP contribution in [0.15, 0.2) is 0 Å². The van der Waals surface area contributed by atoms with Gasteiger partial charge in [-0.25, -0.2) is 0 Å². The molecule has 1 fully saturated rings. The van der Waals surface area contributed by atoms with Crippen molar-refractivity contribution in [2.75, 3.05) is 0 Å². The summed E-state index contributed by atoms with van der Waals surface area (Å²) in [5.74, 6) is 0.150. The van der Waals surface area contributed by atoms with E-state index in [1.165, 1.54) is 6.42 Å². The SMILES string of the molecule is CCC[C@@H](N)C(=O)N1[C@H](C)CCC[C@@H]1C. The van der Waals surface area contributed by atoms with Crippen LogP contribution in [0, 0.1) is 0 Å². The van der Waals surface area contributed by atoms with Crippen molar-refractivity contribution in [3.63, 3.8) is 0 Å². The number of likely N-dealkylation sites (tertiary alicyclic amines) is 1. The van der Waals surface area contributed by atoms with Crippen LogP contribution < -0.4 is 5.73 Å². The summed E-state index contributed by atoms with van der Waals surface area (Å²) in [6, 6.07) is 0.436. The highest BCUT2D eigenvalue weighted by Crippen LogP contribution is 2.23. The van der Waals surface area contributed by atoms with Crippen molar-refractivity contribution in [1.82, 2.24) is 4.90 Å². The Morgan fingerprint density at radius 1 is 1.40 bits per heavy atom. The Hall–Kier alpha value is -0.570. The fourth-order valence-corrected chi connectivity index (χ4v) is 2.48. The zero-order chi connectivity index (χ0) is 11.4. The predicted octanol–water partition coefficient (Wildman–Crippen LogP) is 1.90. The van der Waals surface area contributed by atoms with E-state index in [9.17, 15) is 4.79 Å². The van der Waals surface area contributed by atoms with Crippen LogP contribution in [0.1, 0.15) is 52.9 Å². The van der Waals surface area contributed by atoms with Crippen molar-refractivity contribution < 1.29 is 4.79 Å². The second kappa shape index (κ2) is 5.50. The molecule has 2 N–H and O–H groups in total. The van der Waals surface area contributed by atoms with Gasteiger partial charge in [0.05, 0.1) is 6.04 Å². The number of hydrogen-bond acceptors (Lipinski definition) is 2. The molecule has 0 spiro atoms. The second-order valence-electron chi connectivity index (χ2n) is 4.77. The predicted molar refractivity (Wildman–Crippen MR) is 62.5 cm³/mol. The first-order valence-corrected chi connectivity index (χ1v) is 6.15. The van der Waals surface area contributed by atoms with Crippen LogP contribution in [0.3, 0.4) is 0 Å². The summed E-state index contributed by atoms with van der Waals surface area (Å²) in [7, 11) is 0. The molecule has 0 aromatic carbocycles. The van der Waals surface area contributed by atoms with E-state index in [2.05, 4.69) is 20.8 Å². The van der Waals surface area contributed by atoms with Crippen molar-refractivity contribution in [3.8, 4) is 0 Å². The van der Waals surface area contributed by atoms with Crippen molar-refractivity contribution in [1.29, 1.82) is 0 Å². The van der Waals surface area contributed by atoms with E-state index >= 15 is 0 Å². The third-order valence-electron chi connectivity index (χ3n) is 3.36. The molecule has 88 valence electrons. The summed E-state index contributed by atoms with van der Waals surface area (Å²) >= 11 is 0. The highest BCUT2D eigenvalue weighted by molar-refractivity contribution is 5.82. The van der Waals surface area contributed by atoms with Gasteiger partial charge in [-0.1, -0.05) is 13.3 Å². The Bertz CT molecular complexity index is 208. The normalized spacial score (nSPS) is 28.9. The molecule has 0 aliphatic carbocycles. The number of nitrogens with zero attached hydrogens (tertiary/aromatic N) is 1. The Kier molecular flexibility index (Phi) is 4.58. The Morgan fingerprint density at radius 2 is 1.93 bits per heavy atom. The number of nitrogens with two attached hydrogens (primary N) is 1. The van der Waals surface area contributed by atoms with Gasteiger partial charge >= 0.3 is 0 Å². The molecular formula is C12H24N2O. The summed E-state index contributed by atoms with van der Waals surface area (Å²) in [5, 5.41) is 0. The minimum Gasteiger partial charge on any atom is -0.336 e. The van der Waals surface area contributed by atoms with Gasteiger partial charge in [-0.05, 0) is 39.5 Å². The van der Waals surface area contributed by atoms with Crippen LogP contribution in [-0.2, 0) is 4.79 Å². The first-order valence-electron chi connectivity index (χ1n) is 6.15. The molecule has 3 atom stereocenters. The number of hydrogen-bond donors (Lipinski definition) is 1. The van der Waals surface area contributed by atoms with E-state index < -0.39 is 0 Å². The molecule has 0 saturated carbocycles. The largest absolute Gasteiger partial charge is 0.336 e. The molecule has 1 amide bonds. The summed E-state index contributed by atoms with van der Waals surface area (Å²) in [4.78, 5) is 14.1. The van der Waals surface area contributed by atoms with Crippen LogP contribution in [-0.4, -0.2) is 28.9 Å². The van der Waals surface area contributed by atoms with Gasteiger partial charge in [-0.2, -0.15) is 0 Å². The third kappa shape index (κ3) is 2.94. The summed E-state index contributed by atoms with van der Waals surface area (Å²) in [6.07, 6.45) is 5.25. The molecule has 1 rings (SSSR count). The quantitative estimate of drug-likeness (QED) is 0.776.